The van der Waals surface area contributed by atoms with E-state index in [2.05, 4.69) is 33.4 Å². The predicted octanol–water partition coefficient (Wildman–Crippen LogP) is 4.73. The van der Waals surface area contributed by atoms with Gasteiger partial charge in [0.1, 0.15) is 11.5 Å². The van der Waals surface area contributed by atoms with Gasteiger partial charge in [0.25, 0.3) is 0 Å². The Morgan fingerprint density at radius 1 is 1.10 bits per heavy atom. The lowest BCUT2D eigenvalue weighted by molar-refractivity contribution is 0.404. The topological polar surface area (TPSA) is 30.5 Å². The zero-order valence-electron chi connectivity index (χ0n) is 11.2. The SMILES string of the molecule is COc1cc(NCc2cccc(Br)c2)c(OC)cc1Cl. The van der Waals surface area contributed by atoms with Gasteiger partial charge < -0.3 is 14.8 Å². The molecule has 0 amide bonds. The molecule has 0 atom stereocenters. The van der Waals surface area contributed by atoms with Gasteiger partial charge in [-0.15, -0.1) is 0 Å². The summed E-state index contributed by atoms with van der Waals surface area (Å²) in [6.45, 7) is 0.681. The highest BCUT2D eigenvalue weighted by molar-refractivity contribution is 9.10. The molecule has 5 heteroatoms. The molecule has 0 radical (unpaired) electrons. The molecule has 0 aliphatic heterocycles. The number of ether oxygens (including phenoxy) is 2. The van der Waals surface area contributed by atoms with Gasteiger partial charge >= 0.3 is 0 Å². The maximum absolute atomic E-state index is 6.08. The van der Waals surface area contributed by atoms with E-state index in [1.807, 2.05) is 18.2 Å². The van der Waals surface area contributed by atoms with Gasteiger partial charge in [-0.2, -0.15) is 0 Å². The lowest BCUT2D eigenvalue weighted by Crippen LogP contribution is -2.02. The Bertz CT molecular complexity index is 604. The summed E-state index contributed by atoms with van der Waals surface area (Å²) in [5, 5.41) is 3.85. The van der Waals surface area contributed by atoms with Crippen LogP contribution in [0.15, 0.2) is 40.9 Å². The molecule has 0 unspecified atom stereocenters. The van der Waals surface area contributed by atoms with Gasteiger partial charge in [-0.05, 0) is 17.7 Å². The average molecular weight is 357 g/mol. The molecule has 2 aromatic carbocycles. The summed E-state index contributed by atoms with van der Waals surface area (Å²) in [6.07, 6.45) is 0. The first-order chi connectivity index (χ1) is 9.63. The van der Waals surface area contributed by atoms with Crippen LogP contribution >= 0.6 is 27.5 Å². The van der Waals surface area contributed by atoms with E-state index < -0.39 is 0 Å². The van der Waals surface area contributed by atoms with Gasteiger partial charge in [-0.25, -0.2) is 0 Å². The average Bonchev–Trinajstić information content (AvgIpc) is 2.45. The molecule has 0 bridgehead atoms. The van der Waals surface area contributed by atoms with Crippen LogP contribution in [0.3, 0.4) is 0 Å². The molecule has 0 aromatic heterocycles. The van der Waals surface area contributed by atoms with Crippen molar-refractivity contribution in [1.82, 2.24) is 0 Å². The highest BCUT2D eigenvalue weighted by Gasteiger charge is 2.09. The molecular weight excluding hydrogens is 342 g/mol. The number of anilines is 1. The van der Waals surface area contributed by atoms with Crippen LogP contribution in [0.1, 0.15) is 5.56 Å². The molecule has 20 heavy (non-hydrogen) atoms. The van der Waals surface area contributed by atoms with Crippen molar-refractivity contribution in [3.8, 4) is 11.5 Å². The highest BCUT2D eigenvalue weighted by atomic mass is 79.9. The highest BCUT2D eigenvalue weighted by Crippen LogP contribution is 2.36. The zero-order valence-corrected chi connectivity index (χ0v) is 13.6. The van der Waals surface area contributed by atoms with Crippen LogP contribution in [0.4, 0.5) is 5.69 Å². The Labute approximate surface area is 132 Å². The fraction of sp³-hybridized carbons (Fsp3) is 0.200. The van der Waals surface area contributed by atoms with E-state index in [1.165, 1.54) is 0 Å². The van der Waals surface area contributed by atoms with Crippen molar-refractivity contribution in [2.45, 2.75) is 6.54 Å². The summed E-state index contributed by atoms with van der Waals surface area (Å²) in [7, 11) is 3.20. The van der Waals surface area contributed by atoms with E-state index in [1.54, 1.807) is 20.3 Å². The number of benzene rings is 2. The van der Waals surface area contributed by atoms with Crippen LogP contribution in [0.2, 0.25) is 5.02 Å². The summed E-state index contributed by atoms with van der Waals surface area (Å²) in [4.78, 5) is 0. The smallest absolute Gasteiger partial charge is 0.143 e. The molecule has 0 saturated carbocycles. The van der Waals surface area contributed by atoms with Crippen LogP contribution in [0.5, 0.6) is 11.5 Å². The number of nitrogens with one attached hydrogen (secondary N) is 1. The Hall–Kier alpha value is -1.39. The maximum atomic E-state index is 6.08. The second-order valence-corrected chi connectivity index (χ2v) is 5.49. The van der Waals surface area contributed by atoms with E-state index in [9.17, 15) is 0 Å². The van der Waals surface area contributed by atoms with E-state index in [4.69, 9.17) is 21.1 Å². The van der Waals surface area contributed by atoms with Crippen LogP contribution in [0.25, 0.3) is 0 Å². The summed E-state index contributed by atoms with van der Waals surface area (Å²) in [6, 6.07) is 11.7. The van der Waals surface area contributed by atoms with E-state index >= 15 is 0 Å². The monoisotopic (exact) mass is 355 g/mol. The molecule has 0 saturated heterocycles. The summed E-state index contributed by atoms with van der Waals surface area (Å²) < 4.78 is 11.6. The second-order valence-electron chi connectivity index (χ2n) is 4.17. The Balaban J connectivity index is 2.20. The molecule has 2 rings (SSSR count). The van der Waals surface area contributed by atoms with Gasteiger partial charge in [-0.1, -0.05) is 39.7 Å². The summed E-state index contributed by atoms with van der Waals surface area (Å²) in [5.41, 5.74) is 2.00. The number of hydrogen-bond donors (Lipinski definition) is 1. The van der Waals surface area contributed by atoms with Crippen molar-refractivity contribution in [3.05, 3.63) is 51.5 Å². The number of hydrogen-bond acceptors (Lipinski definition) is 3. The minimum absolute atomic E-state index is 0.525. The third kappa shape index (κ3) is 3.58. The molecule has 0 heterocycles. The molecule has 2 aromatic rings. The quantitative estimate of drug-likeness (QED) is 0.840. The maximum Gasteiger partial charge on any atom is 0.143 e. The first-order valence-corrected chi connectivity index (χ1v) is 7.21. The zero-order chi connectivity index (χ0) is 14.5. The molecule has 0 aliphatic rings. The van der Waals surface area contributed by atoms with Crippen molar-refractivity contribution in [3.63, 3.8) is 0 Å². The van der Waals surface area contributed by atoms with Crippen LogP contribution in [0, 0.1) is 0 Å². The third-order valence-electron chi connectivity index (χ3n) is 2.85. The molecule has 3 nitrogen and oxygen atoms in total. The second kappa shape index (κ2) is 6.86. The normalized spacial score (nSPS) is 10.2. The minimum Gasteiger partial charge on any atom is -0.495 e. The molecule has 106 valence electrons. The molecule has 0 spiro atoms. The third-order valence-corrected chi connectivity index (χ3v) is 3.63. The minimum atomic E-state index is 0.525. The summed E-state index contributed by atoms with van der Waals surface area (Å²) >= 11 is 9.54. The Morgan fingerprint density at radius 3 is 2.50 bits per heavy atom. The van der Waals surface area contributed by atoms with Crippen LogP contribution in [-0.2, 0) is 6.54 Å². The van der Waals surface area contributed by atoms with E-state index in [0.29, 0.717) is 23.1 Å². The van der Waals surface area contributed by atoms with Crippen molar-refractivity contribution in [1.29, 1.82) is 0 Å². The van der Waals surface area contributed by atoms with Crippen molar-refractivity contribution in [2.24, 2.45) is 0 Å². The van der Waals surface area contributed by atoms with Crippen molar-refractivity contribution in [2.75, 3.05) is 19.5 Å². The largest absolute Gasteiger partial charge is 0.495 e. The van der Waals surface area contributed by atoms with Crippen molar-refractivity contribution < 1.29 is 9.47 Å². The first kappa shape index (κ1) is 15.0. The molecular formula is C15H15BrClNO2. The van der Waals surface area contributed by atoms with Crippen molar-refractivity contribution >= 4 is 33.2 Å². The lowest BCUT2D eigenvalue weighted by atomic mass is 10.2. The molecule has 1 N–H and O–H groups in total. The van der Waals surface area contributed by atoms with Gasteiger partial charge in [0, 0.05) is 23.2 Å². The molecule has 0 fully saturated rings. The van der Waals surface area contributed by atoms with Gasteiger partial charge in [0.2, 0.25) is 0 Å². The Morgan fingerprint density at radius 2 is 1.85 bits per heavy atom. The van der Waals surface area contributed by atoms with E-state index in [0.717, 1.165) is 15.7 Å². The molecule has 0 aliphatic carbocycles. The van der Waals surface area contributed by atoms with Gasteiger partial charge in [0.15, 0.2) is 0 Å². The number of rotatable bonds is 5. The van der Waals surface area contributed by atoms with Gasteiger partial charge in [-0.3, -0.25) is 0 Å². The predicted molar refractivity (Wildman–Crippen MR) is 86.0 cm³/mol. The summed E-state index contributed by atoms with van der Waals surface area (Å²) in [5.74, 6) is 1.30. The number of halogens is 2. The first-order valence-electron chi connectivity index (χ1n) is 6.04. The number of methoxy groups -OCH3 is 2. The fourth-order valence-corrected chi connectivity index (χ4v) is 2.52. The fourth-order valence-electron chi connectivity index (χ4n) is 1.84. The van der Waals surface area contributed by atoms with E-state index in [-0.39, 0.29) is 0 Å². The Kier molecular flexibility index (Phi) is 5.15. The van der Waals surface area contributed by atoms with Crippen LogP contribution < -0.4 is 14.8 Å². The lowest BCUT2D eigenvalue weighted by Gasteiger charge is -2.14. The van der Waals surface area contributed by atoms with Crippen LogP contribution in [-0.4, -0.2) is 14.2 Å². The van der Waals surface area contributed by atoms with Gasteiger partial charge in [0.05, 0.1) is 24.9 Å². The standard InChI is InChI=1S/C15H15BrClNO2/c1-19-14-8-13(15(20-2)7-12(14)17)18-9-10-4-3-5-11(16)6-10/h3-8,18H,9H2,1-2H3.